The van der Waals surface area contributed by atoms with Crippen molar-refractivity contribution in [1.82, 2.24) is 30.0 Å². The summed E-state index contributed by atoms with van der Waals surface area (Å²) < 4.78 is 1.86. The van der Waals surface area contributed by atoms with Gasteiger partial charge in [-0.3, -0.25) is 4.68 Å². The molecule has 1 atom stereocenters. The number of hydrogen-bond acceptors (Lipinski definition) is 3. The molecule has 3 heterocycles. The fourth-order valence-electron chi connectivity index (χ4n) is 4.04. The van der Waals surface area contributed by atoms with Crippen LogP contribution < -0.4 is 5.32 Å². The Bertz CT molecular complexity index is 990. The lowest BCUT2D eigenvalue weighted by Crippen LogP contribution is -2.45. The molecule has 0 aliphatic carbocycles. The first-order valence-corrected chi connectivity index (χ1v) is 10.1. The fourth-order valence-corrected chi connectivity index (χ4v) is 4.04. The quantitative estimate of drug-likeness (QED) is 0.713. The van der Waals surface area contributed by atoms with Crippen LogP contribution >= 0.6 is 0 Å². The first-order chi connectivity index (χ1) is 14.0. The van der Waals surface area contributed by atoms with Gasteiger partial charge in [-0.2, -0.15) is 5.10 Å². The summed E-state index contributed by atoms with van der Waals surface area (Å²) >= 11 is 0. The van der Waals surface area contributed by atoms with Crippen molar-refractivity contribution in [3.8, 4) is 11.3 Å². The Morgan fingerprint density at radius 3 is 2.79 bits per heavy atom. The summed E-state index contributed by atoms with van der Waals surface area (Å²) in [6.07, 6.45) is 3.90. The molecule has 7 nitrogen and oxygen atoms in total. The van der Waals surface area contributed by atoms with Gasteiger partial charge in [0.1, 0.15) is 5.82 Å². The topological polar surface area (TPSA) is 78.8 Å². The van der Waals surface area contributed by atoms with Crippen molar-refractivity contribution in [3.63, 3.8) is 0 Å². The van der Waals surface area contributed by atoms with Gasteiger partial charge in [-0.15, -0.1) is 0 Å². The number of aryl methyl sites for hydroxylation is 2. The van der Waals surface area contributed by atoms with Crippen molar-refractivity contribution < 1.29 is 4.79 Å². The number of hydrogen-bond donors (Lipinski definition) is 2. The third-order valence-electron chi connectivity index (χ3n) is 5.85. The summed E-state index contributed by atoms with van der Waals surface area (Å²) in [7, 11) is 1.93. The van der Waals surface area contributed by atoms with Crippen LogP contribution in [-0.2, 0) is 13.6 Å². The zero-order valence-electron chi connectivity index (χ0n) is 17.3. The number of amides is 2. The van der Waals surface area contributed by atoms with Crippen molar-refractivity contribution >= 4 is 6.03 Å². The maximum absolute atomic E-state index is 12.8. The first kappa shape index (κ1) is 19.2. The number of nitrogens with zero attached hydrogens (tertiary/aromatic N) is 4. The molecule has 1 aromatic carbocycles. The van der Waals surface area contributed by atoms with Gasteiger partial charge in [0.25, 0.3) is 0 Å². The molecular formula is C22H28N6O. The molecule has 2 aromatic heterocycles. The van der Waals surface area contributed by atoms with Gasteiger partial charge < -0.3 is 15.2 Å². The third-order valence-corrected chi connectivity index (χ3v) is 5.85. The van der Waals surface area contributed by atoms with Gasteiger partial charge >= 0.3 is 6.03 Å². The van der Waals surface area contributed by atoms with Gasteiger partial charge in [0.2, 0.25) is 0 Å². The second-order valence-corrected chi connectivity index (χ2v) is 7.76. The molecule has 1 aliphatic rings. The molecule has 1 saturated heterocycles. The molecule has 0 saturated carbocycles. The Balaban J connectivity index is 1.39. The highest BCUT2D eigenvalue weighted by Gasteiger charge is 2.27. The van der Waals surface area contributed by atoms with Crippen LogP contribution in [0.5, 0.6) is 0 Å². The van der Waals surface area contributed by atoms with E-state index in [1.807, 2.05) is 54.9 Å². The molecule has 2 N–H and O–H groups in total. The Labute approximate surface area is 171 Å². The number of carbonyl (C=O) groups is 1. The molecule has 152 valence electrons. The summed E-state index contributed by atoms with van der Waals surface area (Å²) in [4.78, 5) is 22.7. The van der Waals surface area contributed by atoms with Crippen LogP contribution in [-0.4, -0.2) is 43.8 Å². The SMILES string of the molecule is Cc1nn(C)c(C)c1CNC(=O)N1CCCC(c2ncc(-c3ccccc3)[nH]2)C1. The Kier molecular flexibility index (Phi) is 5.38. The summed E-state index contributed by atoms with van der Waals surface area (Å²) in [6, 6.07) is 10.2. The highest BCUT2D eigenvalue weighted by molar-refractivity contribution is 5.74. The number of urea groups is 1. The van der Waals surface area contributed by atoms with Gasteiger partial charge in [-0.1, -0.05) is 30.3 Å². The smallest absolute Gasteiger partial charge is 0.317 e. The number of rotatable bonds is 4. The third kappa shape index (κ3) is 4.04. The second-order valence-electron chi connectivity index (χ2n) is 7.76. The van der Waals surface area contributed by atoms with E-state index in [-0.39, 0.29) is 11.9 Å². The van der Waals surface area contributed by atoms with Gasteiger partial charge in [-0.05, 0) is 32.3 Å². The van der Waals surface area contributed by atoms with Crippen molar-refractivity contribution in [3.05, 3.63) is 59.3 Å². The van der Waals surface area contributed by atoms with Gasteiger partial charge in [0, 0.05) is 43.9 Å². The highest BCUT2D eigenvalue weighted by Crippen LogP contribution is 2.27. The molecule has 0 bridgehead atoms. The minimum atomic E-state index is -0.0211. The van der Waals surface area contributed by atoms with Crippen LogP contribution in [0.4, 0.5) is 4.79 Å². The molecule has 1 aliphatic heterocycles. The molecule has 7 heteroatoms. The summed E-state index contributed by atoms with van der Waals surface area (Å²) in [5, 5.41) is 7.49. The average molecular weight is 393 g/mol. The van der Waals surface area contributed by atoms with E-state index in [1.165, 1.54) is 0 Å². The second kappa shape index (κ2) is 8.11. The number of benzene rings is 1. The number of nitrogens with one attached hydrogen (secondary N) is 2. The van der Waals surface area contributed by atoms with Crippen LogP contribution in [0.1, 0.15) is 41.5 Å². The molecule has 0 radical (unpaired) electrons. The number of piperidine rings is 1. The number of carbonyl (C=O) groups excluding carboxylic acids is 1. The van der Waals surface area contributed by atoms with Crippen molar-refractivity contribution in [2.45, 2.75) is 39.2 Å². The van der Waals surface area contributed by atoms with Crippen molar-refractivity contribution in [1.29, 1.82) is 0 Å². The zero-order valence-corrected chi connectivity index (χ0v) is 17.3. The van der Waals surface area contributed by atoms with E-state index in [0.717, 1.165) is 53.4 Å². The molecule has 4 rings (SSSR count). The van der Waals surface area contributed by atoms with Crippen LogP contribution in [0, 0.1) is 13.8 Å². The van der Waals surface area contributed by atoms with E-state index >= 15 is 0 Å². The predicted molar refractivity (Wildman–Crippen MR) is 112 cm³/mol. The van der Waals surface area contributed by atoms with E-state index < -0.39 is 0 Å². The van der Waals surface area contributed by atoms with E-state index in [9.17, 15) is 4.79 Å². The minimum Gasteiger partial charge on any atom is -0.342 e. The normalized spacial score (nSPS) is 16.8. The number of aromatic nitrogens is 4. The molecule has 1 fully saturated rings. The van der Waals surface area contributed by atoms with Crippen LogP contribution in [0.15, 0.2) is 36.5 Å². The summed E-state index contributed by atoms with van der Waals surface area (Å²) in [5.41, 5.74) is 5.28. The van der Waals surface area contributed by atoms with E-state index in [1.54, 1.807) is 0 Å². The highest BCUT2D eigenvalue weighted by atomic mass is 16.2. The molecule has 0 spiro atoms. The number of likely N-dealkylation sites (tertiary alicyclic amines) is 1. The molecule has 3 aromatic rings. The number of H-pyrrole nitrogens is 1. The van der Waals surface area contributed by atoms with E-state index in [2.05, 4.69) is 32.5 Å². The van der Waals surface area contributed by atoms with Crippen LogP contribution in [0.25, 0.3) is 11.3 Å². The minimum absolute atomic E-state index is 0.0211. The van der Waals surface area contributed by atoms with Crippen LogP contribution in [0.3, 0.4) is 0 Å². The van der Waals surface area contributed by atoms with E-state index in [4.69, 9.17) is 0 Å². The number of aromatic amines is 1. The lowest BCUT2D eigenvalue weighted by Gasteiger charge is -2.32. The van der Waals surface area contributed by atoms with E-state index in [0.29, 0.717) is 13.1 Å². The Morgan fingerprint density at radius 2 is 2.07 bits per heavy atom. The van der Waals surface area contributed by atoms with Crippen LogP contribution in [0.2, 0.25) is 0 Å². The Hall–Kier alpha value is -3.09. The lowest BCUT2D eigenvalue weighted by atomic mass is 9.97. The average Bonchev–Trinajstić information content (AvgIpc) is 3.33. The van der Waals surface area contributed by atoms with Gasteiger partial charge in [-0.25, -0.2) is 9.78 Å². The van der Waals surface area contributed by atoms with Gasteiger partial charge in [0.15, 0.2) is 0 Å². The molecule has 2 amide bonds. The van der Waals surface area contributed by atoms with Crippen molar-refractivity contribution in [2.75, 3.05) is 13.1 Å². The fraction of sp³-hybridized carbons (Fsp3) is 0.409. The number of imidazole rings is 1. The molecular weight excluding hydrogens is 364 g/mol. The first-order valence-electron chi connectivity index (χ1n) is 10.1. The molecule has 1 unspecified atom stereocenters. The summed E-state index contributed by atoms with van der Waals surface area (Å²) in [6.45, 7) is 5.97. The van der Waals surface area contributed by atoms with Gasteiger partial charge in [0.05, 0.1) is 17.6 Å². The lowest BCUT2D eigenvalue weighted by molar-refractivity contribution is 0.178. The monoisotopic (exact) mass is 392 g/mol. The predicted octanol–water partition coefficient (Wildman–Crippen LogP) is 3.52. The van der Waals surface area contributed by atoms with Crippen molar-refractivity contribution in [2.24, 2.45) is 7.05 Å². The maximum Gasteiger partial charge on any atom is 0.317 e. The summed E-state index contributed by atoms with van der Waals surface area (Å²) in [5.74, 6) is 1.19. The molecule has 29 heavy (non-hydrogen) atoms. The maximum atomic E-state index is 12.8. The standard InChI is InChI=1S/C22H28N6O/c1-15-19(16(2)27(3)26-15)12-24-22(29)28-11-7-10-18(14-28)21-23-13-20(25-21)17-8-5-4-6-9-17/h4-6,8-9,13,18H,7,10-12,14H2,1-3H3,(H,23,25)(H,24,29). The Morgan fingerprint density at radius 1 is 1.28 bits per heavy atom. The largest absolute Gasteiger partial charge is 0.342 e. The zero-order chi connectivity index (χ0) is 20.4.